The molecule has 2 N–H and O–H groups in total. The molecule has 0 aliphatic heterocycles. The van der Waals surface area contributed by atoms with Gasteiger partial charge in [0.05, 0.1) is 5.41 Å². The van der Waals surface area contributed by atoms with Crippen LogP contribution < -0.4 is 0 Å². The number of hydrogen-bond donors (Lipinski definition) is 2. The lowest BCUT2D eigenvalue weighted by Crippen LogP contribution is -2.25. The van der Waals surface area contributed by atoms with Crippen molar-refractivity contribution >= 4 is 0 Å². The molecule has 0 radical (unpaired) electrons. The molecular weight excluding hydrogens is 200 g/mol. The van der Waals surface area contributed by atoms with Crippen molar-refractivity contribution < 1.29 is 10.2 Å². The van der Waals surface area contributed by atoms with E-state index in [0.29, 0.717) is 0 Å². The fourth-order valence-electron chi connectivity index (χ4n) is 2.67. The highest BCUT2D eigenvalue weighted by atomic mass is 16.3. The average molecular weight is 218 g/mol. The third kappa shape index (κ3) is 1.69. The van der Waals surface area contributed by atoms with Crippen molar-refractivity contribution in [2.24, 2.45) is 0 Å². The molecule has 0 heterocycles. The lowest BCUT2D eigenvalue weighted by Gasteiger charge is -2.28. The Morgan fingerprint density at radius 2 is 1.75 bits per heavy atom. The van der Waals surface area contributed by atoms with Crippen molar-refractivity contribution in [2.45, 2.75) is 38.0 Å². The quantitative estimate of drug-likeness (QED) is 0.742. The third-order valence-electron chi connectivity index (χ3n) is 3.67. The first kappa shape index (κ1) is 11.1. The molecule has 1 aromatic rings. The van der Waals surface area contributed by atoms with Gasteiger partial charge < -0.3 is 10.2 Å². The minimum absolute atomic E-state index is 0.105. The molecule has 0 bridgehead atoms. The Hall–Kier alpha value is -1.44. The molecule has 0 spiro atoms. The summed E-state index contributed by atoms with van der Waals surface area (Å²) in [4.78, 5) is 0. The predicted octanol–water partition coefficient (Wildman–Crippen LogP) is 3.76. The van der Waals surface area contributed by atoms with E-state index in [-0.39, 0.29) is 11.2 Å². The number of benzene rings is 1. The summed E-state index contributed by atoms with van der Waals surface area (Å²) >= 11 is 0. The summed E-state index contributed by atoms with van der Waals surface area (Å²) in [6.45, 7) is 2.05. The molecule has 16 heavy (non-hydrogen) atoms. The fourth-order valence-corrected chi connectivity index (χ4v) is 2.67. The minimum Gasteiger partial charge on any atom is -0.512 e. The van der Waals surface area contributed by atoms with Gasteiger partial charge in [0.2, 0.25) is 0 Å². The van der Waals surface area contributed by atoms with Crippen LogP contribution >= 0.6 is 0 Å². The Kier molecular flexibility index (Phi) is 2.90. The highest BCUT2D eigenvalue weighted by Crippen LogP contribution is 2.45. The van der Waals surface area contributed by atoms with Gasteiger partial charge in [-0.2, -0.15) is 0 Å². The molecule has 0 atom stereocenters. The maximum absolute atomic E-state index is 9.94. The lowest BCUT2D eigenvalue weighted by atomic mass is 9.77. The normalized spacial score (nSPS) is 19.9. The highest BCUT2D eigenvalue weighted by Gasteiger charge is 2.39. The van der Waals surface area contributed by atoms with Gasteiger partial charge in [-0.25, -0.2) is 0 Å². The van der Waals surface area contributed by atoms with Gasteiger partial charge in [-0.1, -0.05) is 42.7 Å². The van der Waals surface area contributed by atoms with Crippen LogP contribution in [0.25, 0.3) is 0 Å². The molecule has 1 aliphatic rings. The molecule has 1 fully saturated rings. The highest BCUT2D eigenvalue weighted by molar-refractivity contribution is 5.36. The molecule has 0 saturated heterocycles. The SMILES string of the molecule is Cc1ccc(C2(/C(O)=C/O)CCCC2)cc1. The van der Waals surface area contributed by atoms with Crippen molar-refractivity contribution in [3.8, 4) is 0 Å². The zero-order chi connectivity index (χ0) is 11.6. The minimum atomic E-state index is -0.345. The van der Waals surface area contributed by atoms with Gasteiger partial charge in [0.25, 0.3) is 0 Å². The summed E-state index contributed by atoms with van der Waals surface area (Å²) in [5.74, 6) is 0.105. The van der Waals surface area contributed by atoms with Gasteiger partial charge in [-0.15, -0.1) is 0 Å². The van der Waals surface area contributed by atoms with Crippen LogP contribution in [0.5, 0.6) is 0 Å². The number of hydrogen-bond acceptors (Lipinski definition) is 2. The van der Waals surface area contributed by atoms with Crippen molar-refractivity contribution in [3.63, 3.8) is 0 Å². The van der Waals surface area contributed by atoms with Crippen LogP contribution in [0.2, 0.25) is 0 Å². The largest absolute Gasteiger partial charge is 0.512 e. The lowest BCUT2D eigenvalue weighted by molar-refractivity contribution is 0.268. The van der Waals surface area contributed by atoms with Crippen LogP contribution in [0.15, 0.2) is 36.3 Å². The van der Waals surface area contributed by atoms with Gasteiger partial charge in [0, 0.05) is 0 Å². The second-order valence-corrected chi connectivity index (χ2v) is 4.67. The number of allylic oxidation sites excluding steroid dienone is 1. The van der Waals surface area contributed by atoms with Gasteiger partial charge in [0.1, 0.15) is 12.0 Å². The van der Waals surface area contributed by atoms with Crippen molar-refractivity contribution in [1.82, 2.24) is 0 Å². The summed E-state index contributed by atoms with van der Waals surface area (Å²) in [5, 5.41) is 19.0. The summed E-state index contributed by atoms with van der Waals surface area (Å²) in [6, 6.07) is 8.22. The number of aryl methyl sites for hydroxylation is 1. The van der Waals surface area contributed by atoms with Crippen molar-refractivity contribution in [3.05, 3.63) is 47.4 Å². The first-order valence-electron chi connectivity index (χ1n) is 5.80. The molecule has 1 saturated carbocycles. The zero-order valence-corrected chi connectivity index (χ0v) is 9.61. The Morgan fingerprint density at radius 3 is 2.25 bits per heavy atom. The van der Waals surface area contributed by atoms with Crippen LogP contribution in [0.4, 0.5) is 0 Å². The van der Waals surface area contributed by atoms with E-state index < -0.39 is 0 Å². The summed E-state index contributed by atoms with van der Waals surface area (Å²) in [6.07, 6.45) is 4.89. The van der Waals surface area contributed by atoms with Gasteiger partial charge in [0.15, 0.2) is 0 Å². The first-order chi connectivity index (χ1) is 7.69. The Morgan fingerprint density at radius 1 is 1.19 bits per heavy atom. The number of rotatable bonds is 2. The van der Waals surface area contributed by atoms with Crippen LogP contribution in [0.3, 0.4) is 0 Å². The van der Waals surface area contributed by atoms with Gasteiger partial charge >= 0.3 is 0 Å². The van der Waals surface area contributed by atoms with E-state index in [1.54, 1.807) is 0 Å². The summed E-state index contributed by atoms with van der Waals surface area (Å²) < 4.78 is 0. The third-order valence-corrected chi connectivity index (χ3v) is 3.67. The molecule has 2 rings (SSSR count). The molecule has 2 heteroatoms. The van der Waals surface area contributed by atoms with Crippen molar-refractivity contribution in [2.75, 3.05) is 0 Å². The van der Waals surface area contributed by atoms with E-state index in [4.69, 9.17) is 5.11 Å². The van der Waals surface area contributed by atoms with E-state index in [2.05, 4.69) is 24.3 Å². The molecule has 1 aromatic carbocycles. The fraction of sp³-hybridized carbons (Fsp3) is 0.429. The Labute approximate surface area is 96.2 Å². The van der Waals surface area contributed by atoms with Crippen LogP contribution in [0.1, 0.15) is 36.8 Å². The summed E-state index contributed by atoms with van der Waals surface area (Å²) in [7, 11) is 0. The topological polar surface area (TPSA) is 40.5 Å². The zero-order valence-electron chi connectivity index (χ0n) is 9.61. The molecular formula is C14H18O2. The van der Waals surface area contributed by atoms with E-state index in [9.17, 15) is 5.11 Å². The van der Waals surface area contributed by atoms with Crippen LogP contribution in [-0.2, 0) is 5.41 Å². The maximum Gasteiger partial charge on any atom is 0.137 e. The maximum atomic E-state index is 9.94. The predicted molar refractivity (Wildman–Crippen MR) is 64.7 cm³/mol. The Balaban J connectivity index is 2.43. The van der Waals surface area contributed by atoms with Gasteiger partial charge in [-0.05, 0) is 25.3 Å². The van der Waals surface area contributed by atoms with Crippen LogP contribution in [-0.4, -0.2) is 10.2 Å². The van der Waals surface area contributed by atoms with E-state index in [1.165, 1.54) is 5.56 Å². The smallest absolute Gasteiger partial charge is 0.137 e. The molecule has 0 amide bonds. The second kappa shape index (κ2) is 4.20. The van der Waals surface area contributed by atoms with E-state index in [1.807, 2.05) is 6.92 Å². The summed E-state index contributed by atoms with van der Waals surface area (Å²) in [5.41, 5.74) is 1.98. The second-order valence-electron chi connectivity index (χ2n) is 4.67. The molecule has 2 nitrogen and oxygen atoms in total. The monoisotopic (exact) mass is 218 g/mol. The first-order valence-corrected chi connectivity index (χ1v) is 5.80. The Bertz CT molecular complexity index is 384. The molecule has 86 valence electrons. The van der Waals surface area contributed by atoms with Gasteiger partial charge in [-0.3, -0.25) is 0 Å². The van der Waals surface area contributed by atoms with Crippen LogP contribution in [0, 0.1) is 6.92 Å². The standard InChI is InChI=1S/C14H18O2/c1-11-4-6-12(7-5-11)14(13(16)10-15)8-2-3-9-14/h4-7,10,15-16H,2-3,8-9H2,1H3/b13-10-. The molecule has 0 aromatic heterocycles. The molecule has 1 aliphatic carbocycles. The average Bonchev–Trinajstić information content (AvgIpc) is 2.79. The van der Waals surface area contributed by atoms with Crippen molar-refractivity contribution in [1.29, 1.82) is 0 Å². The number of aliphatic hydroxyl groups is 2. The van der Waals surface area contributed by atoms with E-state index in [0.717, 1.165) is 37.5 Å². The molecule has 0 unspecified atom stereocenters. The number of aliphatic hydroxyl groups excluding tert-OH is 2. The van der Waals surface area contributed by atoms with E-state index >= 15 is 0 Å².